The first-order valence-electron chi connectivity index (χ1n) is 9.29. The molecule has 0 aliphatic heterocycles. The first-order chi connectivity index (χ1) is 12.8. The molecule has 27 heavy (non-hydrogen) atoms. The monoisotopic (exact) mass is 396 g/mol. The first-order valence-corrected chi connectivity index (χ1v) is 10.8. The fourth-order valence-corrected chi connectivity index (χ4v) is 4.12. The van der Waals surface area contributed by atoms with Crippen LogP contribution in [0.25, 0.3) is 0 Å². The van der Waals surface area contributed by atoms with Crippen LogP contribution in [0.4, 0.5) is 0 Å². The molecule has 0 aromatic heterocycles. The van der Waals surface area contributed by atoms with Crippen molar-refractivity contribution in [3.63, 3.8) is 0 Å². The highest BCUT2D eigenvalue weighted by Gasteiger charge is 2.23. The van der Waals surface area contributed by atoms with E-state index in [-0.39, 0.29) is 36.4 Å². The second-order valence-corrected chi connectivity index (χ2v) is 8.82. The lowest BCUT2D eigenvalue weighted by Crippen LogP contribution is -2.43. The van der Waals surface area contributed by atoms with Gasteiger partial charge in [0.05, 0.1) is 11.3 Å². The number of ether oxygens (including phenoxy) is 1. The van der Waals surface area contributed by atoms with Crippen LogP contribution in [0.2, 0.25) is 0 Å². The third kappa shape index (κ3) is 6.95. The molecule has 7 nitrogen and oxygen atoms in total. The predicted octanol–water partition coefficient (Wildman–Crippen LogP) is 1.90. The molecule has 1 aromatic rings. The summed E-state index contributed by atoms with van der Waals surface area (Å²) in [6.07, 6.45) is 4.17. The van der Waals surface area contributed by atoms with E-state index in [0.29, 0.717) is 5.92 Å². The molecule has 1 fully saturated rings. The number of benzene rings is 1. The van der Waals surface area contributed by atoms with Crippen molar-refractivity contribution in [2.45, 2.75) is 56.9 Å². The zero-order chi connectivity index (χ0) is 19.9. The summed E-state index contributed by atoms with van der Waals surface area (Å²) < 4.78 is 31.5. The summed E-state index contributed by atoms with van der Waals surface area (Å²) in [7, 11) is -3.67. The van der Waals surface area contributed by atoms with Crippen LogP contribution in [-0.2, 0) is 24.3 Å². The van der Waals surface area contributed by atoms with Crippen molar-refractivity contribution in [2.24, 2.45) is 5.92 Å². The molecule has 0 bridgehead atoms. The first kappa shape index (κ1) is 21.4. The van der Waals surface area contributed by atoms with Crippen molar-refractivity contribution in [1.29, 1.82) is 0 Å². The Morgan fingerprint density at radius 2 is 1.81 bits per heavy atom. The standard InChI is InChI=1S/C19H28N2O5S/c1-14-7-9-16(10-8-14)27(24,25)20-12-11-19(23)26-13-18(22)21-17-6-4-3-5-15(17)2/h7-10,15,17,20H,3-6,11-13H2,1-2H3,(H,21,22)/t15-,17-/m0/s1. The van der Waals surface area contributed by atoms with Crippen LogP contribution in [0.1, 0.15) is 44.6 Å². The van der Waals surface area contributed by atoms with Gasteiger partial charge in [-0.05, 0) is 37.8 Å². The van der Waals surface area contributed by atoms with Crippen molar-refractivity contribution in [2.75, 3.05) is 13.2 Å². The van der Waals surface area contributed by atoms with Crippen LogP contribution in [0.3, 0.4) is 0 Å². The van der Waals surface area contributed by atoms with Gasteiger partial charge < -0.3 is 10.1 Å². The summed E-state index contributed by atoms with van der Waals surface area (Å²) in [5.74, 6) is -0.509. The van der Waals surface area contributed by atoms with E-state index < -0.39 is 16.0 Å². The highest BCUT2D eigenvalue weighted by Crippen LogP contribution is 2.23. The van der Waals surface area contributed by atoms with Crippen molar-refractivity contribution in [3.8, 4) is 0 Å². The van der Waals surface area contributed by atoms with E-state index in [1.54, 1.807) is 12.1 Å². The maximum Gasteiger partial charge on any atom is 0.307 e. The van der Waals surface area contributed by atoms with Crippen molar-refractivity contribution in [1.82, 2.24) is 10.0 Å². The maximum atomic E-state index is 12.1. The second kappa shape index (κ2) is 9.85. The second-order valence-electron chi connectivity index (χ2n) is 7.06. The van der Waals surface area contributed by atoms with Crippen LogP contribution < -0.4 is 10.0 Å². The van der Waals surface area contributed by atoms with Gasteiger partial charge in [-0.2, -0.15) is 0 Å². The molecular formula is C19H28N2O5S. The zero-order valence-electron chi connectivity index (χ0n) is 15.9. The Balaban J connectivity index is 1.68. The highest BCUT2D eigenvalue weighted by atomic mass is 32.2. The molecule has 1 saturated carbocycles. The molecular weight excluding hydrogens is 368 g/mol. The van der Waals surface area contributed by atoms with Gasteiger partial charge in [-0.25, -0.2) is 13.1 Å². The lowest BCUT2D eigenvalue weighted by atomic mass is 9.86. The molecule has 2 rings (SSSR count). The van der Waals surface area contributed by atoms with E-state index in [1.807, 2.05) is 6.92 Å². The molecule has 0 heterocycles. The number of nitrogens with one attached hydrogen (secondary N) is 2. The van der Waals surface area contributed by atoms with Gasteiger partial charge in [-0.3, -0.25) is 9.59 Å². The Labute approximate surface area is 160 Å². The number of hydrogen-bond acceptors (Lipinski definition) is 5. The number of hydrogen-bond donors (Lipinski definition) is 2. The van der Waals surface area contributed by atoms with Gasteiger partial charge in [-0.15, -0.1) is 0 Å². The van der Waals surface area contributed by atoms with E-state index in [0.717, 1.165) is 24.8 Å². The maximum absolute atomic E-state index is 12.1. The summed E-state index contributed by atoms with van der Waals surface area (Å²) >= 11 is 0. The van der Waals surface area contributed by atoms with Crippen LogP contribution in [0.15, 0.2) is 29.2 Å². The van der Waals surface area contributed by atoms with Gasteiger partial charge in [0.15, 0.2) is 6.61 Å². The normalized spacial score (nSPS) is 20.1. The molecule has 1 aliphatic carbocycles. The predicted molar refractivity (Wildman–Crippen MR) is 102 cm³/mol. The minimum Gasteiger partial charge on any atom is -0.456 e. The van der Waals surface area contributed by atoms with Crippen LogP contribution in [-0.4, -0.2) is 39.5 Å². The topological polar surface area (TPSA) is 102 Å². The number of carbonyl (C=O) groups excluding carboxylic acids is 2. The van der Waals surface area contributed by atoms with Crippen LogP contribution >= 0.6 is 0 Å². The Morgan fingerprint density at radius 3 is 2.48 bits per heavy atom. The Morgan fingerprint density at radius 1 is 1.15 bits per heavy atom. The number of carbonyl (C=O) groups is 2. The molecule has 1 aliphatic rings. The molecule has 150 valence electrons. The molecule has 0 radical (unpaired) electrons. The minimum absolute atomic E-state index is 0.0870. The largest absolute Gasteiger partial charge is 0.456 e. The van der Waals surface area contributed by atoms with Crippen molar-refractivity contribution >= 4 is 21.9 Å². The molecule has 1 amide bonds. The van der Waals surface area contributed by atoms with Crippen molar-refractivity contribution in [3.05, 3.63) is 29.8 Å². The molecule has 0 saturated heterocycles. The van der Waals surface area contributed by atoms with Crippen molar-refractivity contribution < 1.29 is 22.7 Å². The summed E-state index contributed by atoms with van der Waals surface area (Å²) in [5, 5.41) is 2.90. The molecule has 0 spiro atoms. The number of amides is 1. The summed E-state index contributed by atoms with van der Waals surface area (Å²) in [6.45, 7) is 3.55. The molecule has 1 aromatic carbocycles. The van der Waals surface area contributed by atoms with Gasteiger partial charge >= 0.3 is 5.97 Å². The summed E-state index contributed by atoms with van der Waals surface area (Å²) in [5.41, 5.74) is 0.957. The number of esters is 1. The Kier molecular flexibility index (Phi) is 7.79. The van der Waals surface area contributed by atoms with Crippen LogP contribution in [0.5, 0.6) is 0 Å². The molecule has 2 atom stereocenters. The average molecular weight is 397 g/mol. The number of rotatable bonds is 8. The van der Waals surface area contributed by atoms with E-state index >= 15 is 0 Å². The molecule has 8 heteroatoms. The van der Waals surface area contributed by atoms with Gasteiger partial charge in [0.25, 0.3) is 5.91 Å². The zero-order valence-corrected chi connectivity index (χ0v) is 16.7. The van der Waals surface area contributed by atoms with Gasteiger partial charge in [0.1, 0.15) is 0 Å². The van der Waals surface area contributed by atoms with Gasteiger partial charge in [-0.1, -0.05) is 37.5 Å². The number of sulfonamides is 1. The van der Waals surface area contributed by atoms with E-state index in [1.165, 1.54) is 18.6 Å². The van der Waals surface area contributed by atoms with E-state index in [9.17, 15) is 18.0 Å². The van der Waals surface area contributed by atoms with E-state index in [4.69, 9.17) is 4.74 Å². The summed E-state index contributed by atoms with van der Waals surface area (Å²) in [6, 6.07) is 6.55. The Hall–Kier alpha value is -1.93. The fourth-order valence-electron chi connectivity index (χ4n) is 3.09. The van der Waals surface area contributed by atoms with Crippen LogP contribution in [0, 0.1) is 12.8 Å². The minimum atomic E-state index is -3.67. The third-order valence-corrected chi connectivity index (χ3v) is 6.25. The lowest BCUT2D eigenvalue weighted by molar-refractivity contribution is -0.148. The third-order valence-electron chi connectivity index (χ3n) is 4.77. The van der Waals surface area contributed by atoms with Gasteiger partial charge in [0, 0.05) is 12.6 Å². The molecule has 2 N–H and O–H groups in total. The SMILES string of the molecule is Cc1ccc(S(=O)(=O)NCCC(=O)OCC(=O)N[C@H]2CCCC[C@@H]2C)cc1. The number of aryl methyl sites for hydroxylation is 1. The summed E-state index contributed by atoms with van der Waals surface area (Å²) in [4.78, 5) is 23.8. The lowest BCUT2D eigenvalue weighted by Gasteiger charge is -2.29. The van der Waals surface area contributed by atoms with E-state index in [2.05, 4.69) is 17.0 Å². The average Bonchev–Trinajstić information content (AvgIpc) is 2.62. The highest BCUT2D eigenvalue weighted by molar-refractivity contribution is 7.89. The van der Waals surface area contributed by atoms with Gasteiger partial charge in [0.2, 0.25) is 10.0 Å². The Bertz CT molecular complexity index is 746. The molecule has 0 unspecified atom stereocenters. The fraction of sp³-hybridized carbons (Fsp3) is 0.579. The smallest absolute Gasteiger partial charge is 0.307 e. The quantitative estimate of drug-likeness (QED) is 0.654.